The highest BCUT2D eigenvalue weighted by atomic mass is 16.5. The Morgan fingerprint density at radius 1 is 1.29 bits per heavy atom. The first-order valence-corrected chi connectivity index (χ1v) is 6.53. The predicted molar refractivity (Wildman–Crippen MR) is 68.5 cm³/mol. The summed E-state index contributed by atoms with van der Waals surface area (Å²) in [6.07, 6.45) is 1.12. The maximum Gasteiger partial charge on any atom is 0.124 e. The van der Waals surface area contributed by atoms with Crippen molar-refractivity contribution in [1.82, 2.24) is 10.2 Å². The Labute approximate surface area is 103 Å². The van der Waals surface area contributed by atoms with Gasteiger partial charge in [-0.3, -0.25) is 4.90 Å². The van der Waals surface area contributed by atoms with E-state index in [0.29, 0.717) is 6.04 Å². The Morgan fingerprint density at radius 2 is 2.12 bits per heavy atom. The summed E-state index contributed by atoms with van der Waals surface area (Å²) in [6.45, 7) is 7.53. The van der Waals surface area contributed by atoms with Gasteiger partial charge in [-0.2, -0.15) is 0 Å². The molecule has 3 nitrogen and oxygen atoms in total. The van der Waals surface area contributed by atoms with E-state index in [0.717, 1.165) is 45.0 Å². The van der Waals surface area contributed by atoms with E-state index in [1.807, 2.05) is 0 Å². The molecule has 3 rings (SSSR count). The van der Waals surface area contributed by atoms with Crippen LogP contribution in [0.25, 0.3) is 0 Å². The lowest BCUT2D eigenvalue weighted by atomic mass is 9.96. The van der Waals surface area contributed by atoms with Gasteiger partial charge in [0.15, 0.2) is 0 Å². The molecular weight excluding hydrogens is 212 g/mol. The molecule has 0 aliphatic carbocycles. The molecule has 2 heterocycles. The SMILES string of the molecule is Cc1ccc2c(c1)C(N1CCNCC1)CCO2. The molecule has 1 aromatic rings. The van der Waals surface area contributed by atoms with E-state index in [4.69, 9.17) is 4.74 Å². The van der Waals surface area contributed by atoms with E-state index in [9.17, 15) is 0 Å². The van der Waals surface area contributed by atoms with Crippen molar-refractivity contribution in [3.05, 3.63) is 29.3 Å². The average molecular weight is 232 g/mol. The Kier molecular flexibility index (Phi) is 3.04. The summed E-state index contributed by atoms with van der Waals surface area (Å²) in [5, 5.41) is 3.42. The number of fused-ring (bicyclic) bond motifs is 1. The molecule has 0 radical (unpaired) electrons. The molecule has 1 atom stereocenters. The summed E-state index contributed by atoms with van der Waals surface area (Å²) < 4.78 is 5.76. The van der Waals surface area contributed by atoms with Gasteiger partial charge in [-0.1, -0.05) is 17.7 Å². The summed E-state index contributed by atoms with van der Waals surface area (Å²) >= 11 is 0. The van der Waals surface area contributed by atoms with Crippen molar-refractivity contribution in [2.45, 2.75) is 19.4 Å². The van der Waals surface area contributed by atoms with Crippen LogP contribution in [0.15, 0.2) is 18.2 Å². The largest absolute Gasteiger partial charge is 0.493 e. The second-order valence-corrected chi connectivity index (χ2v) is 4.98. The summed E-state index contributed by atoms with van der Waals surface area (Å²) in [6, 6.07) is 7.11. The van der Waals surface area contributed by atoms with E-state index in [2.05, 4.69) is 35.3 Å². The van der Waals surface area contributed by atoms with Crippen molar-refractivity contribution >= 4 is 0 Å². The number of benzene rings is 1. The van der Waals surface area contributed by atoms with Gasteiger partial charge < -0.3 is 10.1 Å². The molecule has 17 heavy (non-hydrogen) atoms. The zero-order chi connectivity index (χ0) is 11.7. The van der Waals surface area contributed by atoms with E-state index in [-0.39, 0.29) is 0 Å². The van der Waals surface area contributed by atoms with Gasteiger partial charge in [-0.25, -0.2) is 0 Å². The minimum absolute atomic E-state index is 0.556. The molecule has 0 bridgehead atoms. The van der Waals surface area contributed by atoms with Gasteiger partial charge in [0.1, 0.15) is 5.75 Å². The molecule has 2 aliphatic rings. The Balaban J connectivity index is 1.89. The quantitative estimate of drug-likeness (QED) is 0.798. The van der Waals surface area contributed by atoms with E-state index in [1.54, 1.807) is 0 Å². The third-order valence-corrected chi connectivity index (χ3v) is 3.77. The van der Waals surface area contributed by atoms with Crippen LogP contribution in [0, 0.1) is 6.92 Å². The molecule has 1 saturated heterocycles. The molecule has 1 fully saturated rings. The van der Waals surface area contributed by atoms with Gasteiger partial charge in [0.25, 0.3) is 0 Å². The normalized spacial score (nSPS) is 25.1. The fourth-order valence-corrected chi connectivity index (χ4v) is 2.87. The second-order valence-electron chi connectivity index (χ2n) is 4.98. The van der Waals surface area contributed by atoms with Gasteiger partial charge in [0.05, 0.1) is 6.61 Å². The summed E-state index contributed by atoms with van der Waals surface area (Å²) in [5.41, 5.74) is 2.72. The number of nitrogens with zero attached hydrogens (tertiary/aromatic N) is 1. The van der Waals surface area contributed by atoms with E-state index >= 15 is 0 Å². The Morgan fingerprint density at radius 3 is 2.94 bits per heavy atom. The average Bonchev–Trinajstić information content (AvgIpc) is 2.39. The highest BCUT2D eigenvalue weighted by molar-refractivity contribution is 5.40. The highest BCUT2D eigenvalue weighted by Crippen LogP contribution is 2.36. The lowest BCUT2D eigenvalue weighted by molar-refractivity contribution is 0.126. The standard InChI is InChI=1S/C14H20N2O/c1-11-2-3-14-12(10-11)13(4-9-17-14)16-7-5-15-6-8-16/h2-3,10,13,15H,4-9H2,1H3. The van der Waals surface area contributed by atoms with Gasteiger partial charge in [0.2, 0.25) is 0 Å². The van der Waals surface area contributed by atoms with Crippen LogP contribution >= 0.6 is 0 Å². The first kappa shape index (κ1) is 11.1. The summed E-state index contributed by atoms with van der Waals surface area (Å²) in [5.74, 6) is 1.09. The van der Waals surface area contributed by atoms with Crippen molar-refractivity contribution < 1.29 is 4.74 Å². The topological polar surface area (TPSA) is 24.5 Å². The van der Waals surface area contributed by atoms with E-state index in [1.165, 1.54) is 11.1 Å². The fraction of sp³-hybridized carbons (Fsp3) is 0.571. The second kappa shape index (κ2) is 4.67. The molecule has 0 aromatic heterocycles. The van der Waals surface area contributed by atoms with Gasteiger partial charge in [0, 0.05) is 44.2 Å². The van der Waals surface area contributed by atoms with Crippen molar-refractivity contribution in [2.24, 2.45) is 0 Å². The van der Waals surface area contributed by atoms with Crippen LogP contribution in [0.1, 0.15) is 23.6 Å². The summed E-state index contributed by atoms with van der Waals surface area (Å²) in [7, 11) is 0. The molecule has 0 saturated carbocycles. The molecule has 92 valence electrons. The molecule has 0 amide bonds. The van der Waals surface area contributed by atoms with Crippen LogP contribution in [0.3, 0.4) is 0 Å². The van der Waals surface area contributed by atoms with Crippen molar-refractivity contribution in [3.63, 3.8) is 0 Å². The lowest BCUT2D eigenvalue weighted by Crippen LogP contribution is -2.46. The minimum Gasteiger partial charge on any atom is -0.493 e. The first-order valence-electron chi connectivity index (χ1n) is 6.53. The van der Waals surface area contributed by atoms with Crippen LogP contribution in [0.2, 0.25) is 0 Å². The summed E-state index contributed by atoms with van der Waals surface area (Å²) in [4.78, 5) is 2.59. The molecule has 0 spiro atoms. The van der Waals surface area contributed by atoms with Crippen LogP contribution in [-0.4, -0.2) is 37.7 Å². The molecule has 1 N–H and O–H groups in total. The molecular formula is C14H20N2O. The number of aryl methyl sites for hydroxylation is 1. The number of hydrogen-bond acceptors (Lipinski definition) is 3. The molecule has 3 heteroatoms. The van der Waals surface area contributed by atoms with Crippen LogP contribution in [0.5, 0.6) is 5.75 Å². The number of hydrogen-bond donors (Lipinski definition) is 1. The minimum atomic E-state index is 0.556. The Hall–Kier alpha value is -1.06. The zero-order valence-corrected chi connectivity index (χ0v) is 10.4. The smallest absolute Gasteiger partial charge is 0.124 e. The maximum absolute atomic E-state index is 5.76. The predicted octanol–water partition coefficient (Wildman–Crippen LogP) is 1.72. The molecule has 1 aromatic carbocycles. The maximum atomic E-state index is 5.76. The van der Waals surface area contributed by atoms with Gasteiger partial charge >= 0.3 is 0 Å². The third kappa shape index (κ3) is 2.17. The zero-order valence-electron chi connectivity index (χ0n) is 10.4. The number of piperazine rings is 1. The van der Waals surface area contributed by atoms with E-state index < -0.39 is 0 Å². The van der Waals surface area contributed by atoms with Crippen molar-refractivity contribution in [2.75, 3.05) is 32.8 Å². The monoisotopic (exact) mass is 232 g/mol. The number of rotatable bonds is 1. The Bertz CT molecular complexity index is 399. The number of nitrogens with one attached hydrogen (secondary N) is 1. The van der Waals surface area contributed by atoms with Crippen molar-refractivity contribution in [3.8, 4) is 5.75 Å². The van der Waals surface area contributed by atoms with Crippen LogP contribution < -0.4 is 10.1 Å². The fourth-order valence-electron chi connectivity index (χ4n) is 2.87. The number of ether oxygens (including phenoxy) is 1. The van der Waals surface area contributed by atoms with Gasteiger partial charge in [-0.15, -0.1) is 0 Å². The van der Waals surface area contributed by atoms with Crippen molar-refractivity contribution in [1.29, 1.82) is 0 Å². The lowest BCUT2D eigenvalue weighted by Gasteiger charge is -2.38. The molecule has 2 aliphatic heterocycles. The van der Waals surface area contributed by atoms with Crippen LogP contribution in [-0.2, 0) is 0 Å². The third-order valence-electron chi connectivity index (χ3n) is 3.77. The van der Waals surface area contributed by atoms with Crippen LogP contribution in [0.4, 0.5) is 0 Å². The van der Waals surface area contributed by atoms with Gasteiger partial charge in [-0.05, 0) is 13.0 Å². The first-order chi connectivity index (χ1) is 8.34. The molecule has 1 unspecified atom stereocenters. The highest BCUT2D eigenvalue weighted by Gasteiger charge is 2.27.